The van der Waals surface area contributed by atoms with Crippen LogP contribution >= 0.6 is 0 Å². The SMILES string of the molecule is O=[N+]([O-])[O-].O=[N+]([O-])[O-].O=[N+]([O-])[O-].O=[N+]([O-])[O-].[Dy+3].[Dy+3].[O-]CCN(Cc1ccccn1)Cc1ccccn1.[O-]CCN(Cc1ccccn1)Cc1ccccn1. The van der Waals surface area contributed by atoms with E-state index in [1.54, 1.807) is 24.8 Å². The molecule has 54 heavy (non-hydrogen) atoms. The molecule has 4 rings (SSSR count). The molecule has 0 aliphatic carbocycles. The molecule has 24 nitrogen and oxygen atoms in total. The predicted molar refractivity (Wildman–Crippen MR) is 176 cm³/mol. The van der Waals surface area contributed by atoms with E-state index in [1.807, 2.05) is 72.8 Å². The van der Waals surface area contributed by atoms with E-state index in [-0.39, 0.29) is 89.6 Å². The fourth-order valence-corrected chi connectivity index (χ4v) is 3.57. The third-order valence-electron chi connectivity index (χ3n) is 5.26. The molecule has 0 N–H and O–H groups in total. The third kappa shape index (κ3) is 42.2. The molecular formula is C28H32Dy2N10O14. The Morgan fingerprint density at radius 3 is 0.722 bits per heavy atom. The van der Waals surface area contributed by atoms with Crippen molar-refractivity contribution < 1.29 is 107 Å². The Labute approximate surface area is 367 Å². The number of hydrogen-bond acceptors (Lipinski definition) is 20. The average molecular weight is 1060 g/mol. The minimum absolute atomic E-state index is 0. The first-order chi connectivity index (χ1) is 24.7. The predicted octanol–water partition coefficient (Wildman–Crippen LogP) is 0.722. The molecule has 26 heteroatoms. The van der Waals surface area contributed by atoms with E-state index in [9.17, 15) is 10.2 Å². The average Bonchev–Trinajstić information content (AvgIpc) is 3.06. The van der Waals surface area contributed by atoms with Crippen LogP contribution in [-0.4, -0.2) is 76.4 Å². The molecule has 0 aliphatic rings. The van der Waals surface area contributed by atoms with Crippen molar-refractivity contribution in [3.8, 4) is 0 Å². The van der Waals surface area contributed by atoms with Gasteiger partial charge in [0.05, 0.1) is 43.1 Å². The molecule has 0 saturated heterocycles. The molecule has 2 radical (unpaired) electrons. The molecule has 0 unspecified atom stereocenters. The zero-order valence-corrected chi connectivity index (χ0v) is 31.8. The Morgan fingerprint density at radius 1 is 0.407 bits per heavy atom. The van der Waals surface area contributed by atoms with Gasteiger partial charge in [-0.25, -0.2) is 0 Å². The Morgan fingerprint density at radius 2 is 0.593 bits per heavy atom. The summed E-state index contributed by atoms with van der Waals surface area (Å²) >= 11 is 0. The zero-order chi connectivity index (χ0) is 39.6. The molecule has 0 aromatic carbocycles. The largest absolute Gasteiger partial charge is 3.00 e. The normalized spacial score (nSPS) is 8.96. The number of rotatable bonds is 12. The van der Waals surface area contributed by atoms with Gasteiger partial charge in [-0.05, 0) is 61.6 Å². The number of hydrogen-bond donors (Lipinski definition) is 0. The fourth-order valence-electron chi connectivity index (χ4n) is 3.57. The van der Waals surface area contributed by atoms with Crippen LogP contribution in [0.2, 0.25) is 0 Å². The van der Waals surface area contributed by atoms with Gasteiger partial charge in [-0.3, -0.25) is 29.7 Å². The van der Waals surface area contributed by atoms with Crippen LogP contribution in [0.5, 0.6) is 0 Å². The molecule has 298 valence electrons. The van der Waals surface area contributed by atoms with Gasteiger partial charge in [-0.15, -0.1) is 13.2 Å². The van der Waals surface area contributed by atoms with Crippen LogP contribution in [0, 0.1) is 138 Å². The Bertz CT molecular complexity index is 1260. The fraction of sp³-hybridized carbons (Fsp3) is 0.286. The van der Waals surface area contributed by atoms with Gasteiger partial charge >= 0.3 is 76.3 Å². The maximum absolute atomic E-state index is 10.8. The molecule has 0 amide bonds. The van der Waals surface area contributed by atoms with Crippen molar-refractivity contribution in [3.63, 3.8) is 0 Å². The maximum Gasteiger partial charge on any atom is 3.00 e. The minimum Gasteiger partial charge on any atom is -0.854 e. The molecule has 0 saturated carbocycles. The van der Waals surface area contributed by atoms with E-state index in [0.29, 0.717) is 39.3 Å². The van der Waals surface area contributed by atoms with E-state index in [2.05, 4.69) is 29.7 Å². The van der Waals surface area contributed by atoms with Crippen LogP contribution in [0.15, 0.2) is 97.6 Å². The Balaban J connectivity index is -0.000000324. The van der Waals surface area contributed by atoms with Crippen molar-refractivity contribution in [2.45, 2.75) is 26.2 Å². The quantitative estimate of drug-likeness (QED) is 0.139. The number of pyridine rings is 4. The Hall–Kier alpha value is -4.21. The monoisotopic (exact) mass is 1060 g/mol. The van der Waals surface area contributed by atoms with E-state index < -0.39 is 20.3 Å². The van der Waals surface area contributed by atoms with Gasteiger partial charge in [0.25, 0.3) is 0 Å². The van der Waals surface area contributed by atoms with Crippen molar-refractivity contribution in [1.82, 2.24) is 29.7 Å². The van der Waals surface area contributed by atoms with Gasteiger partial charge in [0.15, 0.2) is 0 Å². The summed E-state index contributed by atoms with van der Waals surface area (Å²) in [4.78, 5) is 54.2. The summed E-state index contributed by atoms with van der Waals surface area (Å²) in [6.07, 6.45) is 7.08. The standard InChI is InChI=1S/2C14H16N3O.2Dy.4NO3/c2*18-10-9-17(11-13-5-1-3-7-15-13)12-14-6-2-4-8-16-14;;;4*2-1(3)4/h2*1-8H,9-12H2;;;;;;/q2*-1;2*+3;4*-1. The second-order valence-corrected chi connectivity index (χ2v) is 9.01. The summed E-state index contributed by atoms with van der Waals surface area (Å²) in [6, 6.07) is 23.3. The van der Waals surface area contributed by atoms with Gasteiger partial charge in [-0.1, -0.05) is 24.3 Å². The minimum atomic E-state index is -1.75. The molecule has 0 spiro atoms. The van der Waals surface area contributed by atoms with Crippen LogP contribution in [0.1, 0.15) is 22.8 Å². The van der Waals surface area contributed by atoms with E-state index in [1.165, 1.54) is 0 Å². The molecule has 0 bridgehead atoms. The zero-order valence-electron chi connectivity index (χ0n) is 27.7. The molecule has 0 aliphatic heterocycles. The van der Waals surface area contributed by atoms with Crippen molar-refractivity contribution in [1.29, 1.82) is 0 Å². The van der Waals surface area contributed by atoms with Crippen molar-refractivity contribution >= 4 is 0 Å². The second-order valence-electron chi connectivity index (χ2n) is 9.01. The first-order valence-corrected chi connectivity index (χ1v) is 14.2. The third-order valence-corrected chi connectivity index (χ3v) is 5.26. The van der Waals surface area contributed by atoms with Crippen LogP contribution in [0.25, 0.3) is 0 Å². The van der Waals surface area contributed by atoms with E-state index in [0.717, 1.165) is 22.8 Å². The number of aromatic nitrogens is 4. The molecular weight excluding hydrogens is 1030 g/mol. The summed E-state index contributed by atoms with van der Waals surface area (Å²) in [7, 11) is 0. The molecule has 0 fully saturated rings. The van der Waals surface area contributed by atoms with E-state index >= 15 is 0 Å². The van der Waals surface area contributed by atoms with Crippen molar-refractivity contribution in [2.24, 2.45) is 0 Å². The summed E-state index contributed by atoms with van der Waals surface area (Å²) in [6.45, 7) is 3.51. The van der Waals surface area contributed by atoms with Gasteiger partial charge in [0.1, 0.15) is 0 Å². The maximum atomic E-state index is 10.8. The van der Waals surface area contributed by atoms with Gasteiger partial charge in [-0.2, -0.15) is 0 Å². The van der Waals surface area contributed by atoms with Gasteiger partial charge < -0.3 is 71.5 Å². The first-order valence-electron chi connectivity index (χ1n) is 14.2. The molecule has 4 aromatic rings. The van der Waals surface area contributed by atoms with E-state index in [4.69, 9.17) is 61.3 Å². The summed E-state index contributed by atoms with van der Waals surface area (Å²) < 4.78 is 0. The van der Waals surface area contributed by atoms with Gasteiger partial charge in [0.2, 0.25) is 0 Å². The number of nitrogens with zero attached hydrogens (tertiary/aromatic N) is 10. The summed E-state index contributed by atoms with van der Waals surface area (Å²) in [5.74, 6) is 0. The smallest absolute Gasteiger partial charge is 0.854 e. The van der Waals surface area contributed by atoms with Crippen LogP contribution in [0.4, 0.5) is 0 Å². The van der Waals surface area contributed by atoms with Gasteiger partial charge in [0, 0.05) is 51.0 Å². The van der Waals surface area contributed by atoms with Crippen LogP contribution in [-0.2, 0) is 26.2 Å². The summed E-state index contributed by atoms with van der Waals surface area (Å²) in [5, 5.41) is 80.7. The van der Waals surface area contributed by atoms with Crippen molar-refractivity contribution in [3.05, 3.63) is 182 Å². The molecule has 0 atom stereocenters. The summed E-state index contributed by atoms with van der Waals surface area (Å²) in [5.41, 5.74) is 3.90. The topological polar surface area (TPSA) is 369 Å². The van der Waals surface area contributed by atoms with Crippen LogP contribution in [0.3, 0.4) is 0 Å². The molecule has 4 aromatic heterocycles. The first kappa shape index (κ1) is 56.5. The molecule has 4 heterocycles. The van der Waals surface area contributed by atoms with Crippen molar-refractivity contribution in [2.75, 3.05) is 26.3 Å². The Kier molecular flexibility index (Phi) is 40.3. The van der Waals surface area contributed by atoms with Crippen LogP contribution < -0.4 is 10.2 Å². The second kappa shape index (κ2) is 38.5.